The Morgan fingerprint density at radius 2 is 0.754 bits per heavy atom. The van der Waals surface area contributed by atoms with Crippen LogP contribution in [0.25, 0.3) is 44.5 Å². The maximum absolute atomic E-state index is 2.53. The second kappa shape index (κ2) is 13.7. The first-order chi connectivity index (χ1) is 28.3. The highest BCUT2D eigenvalue weighted by molar-refractivity contribution is 7.00. The van der Waals surface area contributed by atoms with Crippen LogP contribution in [0.5, 0.6) is 0 Å². The fourth-order valence-electron chi connectivity index (χ4n) is 9.09. The molecule has 0 N–H and O–H groups in total. The van der Waals surface area contributed by atoms with Gasteiger partial charge in [-0.3, -0.25) is 0 Å². The van der Waals surface area contributed by atoms with E-state index in [-0.39, 0.29) is 6.71 Å². The summed E-state index contributed by atoms with van der Waals surface area (Å²) in [5.41, 5.74) is 20.6. The van der Waals surface area contributed by atoms with Crippen LogP contribution in [0.2, 0.25) is 0 Å². The van der Waals surface area contributed by atoms with Crippen LogP contribution in [0.4, 0.5) is 34.1 Å². The molecule has 0 saturated heterocycles. The zero-order chi connectivity index (χ0) is 37.7. The van der Waals surface area contributed by atoms with Gasteiger partial charge in [0.1, 0.15) is 0 Å². The number of nitrogens with zero attached hydrogens (tertiary/aromatic N) is 2. The summed E-state index contributed by atoms with van der Waals surface area (Å²) in [7, 11) is 0. The first-order valence-electron chi connectivity index (χ1n) is 19.7. The van der Waals surface area contributed by atoms with Crippen LogP contribution >= 0.6 is 0 Å². The monoisotopic (exact) mass is 724 g/mol. The van der Waals surface area contributed by atoms with Crippen molar-refractivity contribution >= 4 is 57.2 Å². The third kappa shape index (κ3) is 5.59. The van der Waals surface area contributed by atoms with Crippen LogP contribution in [0.3, 0.4) is 0 Å². The Labute approximate surface area is 334 Å². The molecular weight excluding hydrogens is 687 g/mol. The number of anilines is 6. The lowest BCUT2D eigenvalue weighted by Crippen LogP contribution is -2.61. The predicted molar refractivity (Wildman–Crippen MR) is 242 cm³/mol. The third-order valence-electron chi connectivity index (χ3n) is 11.6. The van der Waals surface area contributed by atoms with Crippen LogP contribution in [-0.2, 0) is 0 Å². The number of para-hydroxylation sites is 2. The molecule has 2 aliphatic rings. The Morgan fingerprint density at radius 3 is 1.39 bits per heavy atom. The Kier molecular flexibility index (Phi) is 7.96. The first kappa shape index (κ1) is 33.0. The molecule has 2 aliphatic heterocycles. The van der Waals surface area contributed by atoms with Gasteiger partial charge in [-0.2, -0.15) is 0 Å². The van der Waals surface area contributed by atoms with E-state index in [2.05, 4.69) is 234 Å². The molecule has 9 aromatic carbocycles. The molecule has 2 nitrogen and oxygen atoms in total. The van der Waals surface area contributed by atoms with E-state index in [1.807, 2.05) is 0 Å². The molecular formula is C54H37BN2. The minimum Gasteiger partial charge on any atom is -0.311 e. The molecule has 57 heavy (non-hydrogen) atoms. The molecule has 0 atom stereocenters. The lowest BCUT2D eigenvalue weighted by Gasteiger charge is -2.44. The third-order valence-corrected chi connectivity index (χ3v) is 11.6. The van der Waals surface area contributed by atoms with Gasteiger partial charge >= 0.3 is 0 Å². The van der Waals surface area contributed by atoms with Gasteiger partial charge in [-0.1, -0.05) is 176 Å². The Bertz CT molecular complexity index is 2890. The molecule has 9 aromatic rings. The zero-order valence-corrected chi connectivity index (χ0v) is 31.3. The number of rotatable bonds is 6. The average molecular weight is 725 g/mol. The fourth-order valence-corrected chi connectivity index (χ4v) is 9.09. The van der Waals surface area contributed by atoms with E-state index in [0.29, 0.717) is 0 Å². The summed E-state index contributed by atoms with van der Waals surface area (Å²) in [4.78, 5) is 5.01. The number of fused-ring (bicyclic) bond motifs is 4. The van der Waals surface area contributed by atoms with Gasteiger partial charge in [0.2, 0.25) is 0 Å². The Morgan fingerprint density at radius 1 is 0.263 bits per heavy atom. The summed E-state index contributed by atoms with van der Waals surface area (Å²) in [6.45, 7) is 0.0167. The molecule has 0 aliphatic carbocycles. The van der Waals surface area contributed by atoms with Crippen molar-refractivity contribution in [3.05, 3.63) is 224 Å². The van der Waals surface area contributed by atoms with Crippen molar-refractivity contribution in [1.29, 1.82) is 0 Å². The van der Waals surface area contributed by atoms with E-state index in [1.54, 1.807) is 0 Å². The van der Waals surface area contributed by atoms with Crippen molar-refractivity contribution in [3.8, 4) is 44.5 Å². The fraction of sp³-hybridized carbons (Fsp3) is 0. The normalized spacial score (nSPS) is 12.5. The number of hydrogen-bond donors (Lipinski definition) is 0. The minimum atomic E-state index is 0.0167. The second-order valence-corrected chi connectivity index (χ2v) is 14.9. The topological polar surface area (TPSA) is 6.48 Å². The van der Waals surface area contributed by atoms with Gasteiger partial charge in [-0.15, -0.1) is 0 Å². The molecule has 0 fully saturated rings. The first-order valence-corrected chi connectivity index (χ1v) is 19.7. The molecule has 3 heteroatoms. The molecule has 0 aromatic heterocycles. The van der Waals surface area contributed by atoms with Crippen LogP contribution in [0.15, 0.2) is 224 Å². The molecule has 11 rings (SSSR count). The molecule has 0 saturated carbocycles. The van der Waals surface area contributed by atoms with Crippen LogP contribution in [0, 0.1) is 0 Å². The summed E-state index contributed by atoms with van der Waals surface area (Å²) < 4.78 is 0. The Balaban J connectivity index is 1.24. The maximum atomic E-state index is 2.53. The van der Waals surface area contributed by atoms with Crippen LogP contribution in [-0.4, -0.2) is 6.71 Å². The van der Waals surface area contributed by atoms with Gasteiger partial charge in [-0.25, -0.2) is 0 Å². The van der Waals surface area contributed by atoms with Crippen molar-refractivity contribution in [3.63, 3.8) is 0 Å². The van der Waals surface area contributed by atoms with Crippen molar-refractivity contribution in [2.24, 2.45) is 0 Å². The maximum Gasteiger partial charge on any atom is 0.252 e. The zero-order valence-electron chi connectivity index (χ0n) is 31.3. The number of hydrogen-bond acceptors (Lipinski definition) is 2. The largest absolute Gasteiger partial charge is 0.311 e. The van der Waals surface area contributed by atoms with Crippen molar-refractivity contribution in [2.75, 3.05) is 9.80 Å². The standard InChI is InChI=1S/C54H37BN2/c1-6-18-38(19-7-1)42-30-33-51-49(34-42)55-48-28-16-17-29-50(48)56(44-26-14-5-15-27-44)52-35-43(39-20-8-2-9-21-39)36-53(54(52)55)57(51)45-31-32-46(40-22-10-3-11-23-40)47(37-45)41-24-12-4-13-25-41/h1-37H. The van der Waals surface area contributed by atoms with Gasteiger partial charge in [-0.05, 0) is 109 Å². The minimum absolute atomic E-state index is 0.0167. The van der Waals surface area contributed by atoms with E-state index >= 15 is 0 Å². The summed E-state index contributed by atoms with van der Waals surface area (Å²) in [5, 5.41) is 0. The van der Waals surface area contributed by atoms with Gasteiger partial charge < -0.3 is 9.80 Å². The molecule has 0 radical (unpaired) electrons. The van der Waals surface area contributed by atoms with E-state index < -0.39 is 0 Å². The Hall–Kier alpha value is -7.36. The van der Waals surface area contributed by atoms with Crippen molar-refractivity contribution < 1.29 is 0 Å². The lowest BCUT2D eigenvalue weighted by molar-refractivity contribution is 1.25. The SMILES string of the molecule is c1ccc(-c2ccc3c(c2)B2c4ccccc4N(c4ccccc4)c4cc(-c5ccccc5)cc(c42)N3c2ccc(-c3ccccc3)c(-c3ccccc3)c2)cc1. The van der Waals surface area contributed by atoms with E-state index in [9.17, 15) is 0 Å². The van der Waals surface area contributed by atoms with Gasteiger partial charge in [0, 0.05) is 34.1 Å². The molecule has 0 unspecified atom stereocenters. The van der Waals surface area contributed by atoms with Crippen molar-refractivity contribution in [2.45, 2.75) is 0 Å². The summed E-state index contributed by atoms with van der Waals surface area (Å²) >= 11 is 0. The predicted octanol–water partition coefficient (Wildman–Crippen LogP) is 12.4. The summed E-state index contributed by atoms with van der Waals surface area (Å²) in [6.07, 6.45) is 0. The van der Waals surface area contributed by atoms with Crippen LogP contribution < -0.4 is 26.2 Å². The molecule has 266 valence electrons. The highest BCUT2D eigenvalue weighted by Gasteiger charge is 2.43. The van der Waals surface area contributed by atoms with E-state index in [4.69, 9.17) is 0 Å². The summed E-state index contributed by atoms with van der Waals surface area (Å²) in [6, 6.07) is 82.1. The van der Waals surface area contributed by atoms with Crippen molar-refractivity contribution in [1.82, 2.24) is 0 Å². The summed E-state index contributed by atoms with van der Waals surface area (Å²) in [5.74, 6) is 0. The van der Waals surface area contributed by atoms with Gasteiger partial charge in [0.25, 0.3) is 6.71 Å². The van der Waals surface area contributed by atoms with E-state index in [0.717, 1.165) is 11.4 Å². The highest BCUT2D eigenvalue weighted by atomic mass is 15.2. The van der Waals surface area contributed by atoms with Gasteiger partial charge in [0.15, 0.2) is 0 Å². The molecule has 0 amide bonds. The molecule has 0 spiro atoms. The smallest absolute Gasteiger partial charge is 0.252 e. The second-order valence-electron chi connectivity index (χ2n) is 14.9. The van der Waals surface area contributed by atoms with Crippen LogP contribution in [0.1, 0.15) is 0 Å². The number of benzene rings is 9. The average Bonchev–Trinajstić information content (AvgIpc) is 3.30. The van der Waals surface area contributed by atoms with Gasteiger partial charge in [0.05, 0.1) is 0 Å². The highest BCUT2D eigenvalue weighted by Crippen LogP contribution is 2.47. The molecule has 0 bridgehead atoms. The van der Waals surface area contributed by atoms with E-state index in [1.165, 1.54) is 83.6 Å². The lowest BCUT2D eigenvalue weighted by atomic mass is 9.33. The quantitative estimate of drug-likeness (QED) is 0.158. The molecule has 2 heterocycles.